The Morgan fingerprint density at radius 1 is 1.39 bits per heavy atom. The van der Waals surface area contributed by atoms with Gasteiger partial charge in [0.15, 0.2) is 9.84 Å². The highest BCUT2D eigenvalue weighted by Crippen LogP contribution is 2.23. The molecule has 0 aliphatic carbocycles. The molecule has 1 heterocycles. The fourth-order valence-electron chi connectivity index (χ4n) is 1.75. The summed E-state index contributed by atoms with van der Waals surface area (Å²) in [6.07, 6.45) is -1.98. The number of nitro groups is 1. The molecule has 98 valence electrons. The highest BCUT2D eigenvalue weighted by Gasteiger charge is 2.38. The van der Waals surface area contributed by atoms with Crippen molar-refractivity contribution in [2.75, 3.05) is 11.5 Å². The lowest BCUT2D eigenvalue weighted by Crippen LogP contribution is -2.29. The summed E-state index contributed by atoms with van der Waals surface area (Å²) in [4.78, 5) is 9.99. The Kier molecular flexibility index (Phi) is 3.22. The number of non-ortho nitro benzene ring substituents is 1. The molecular formula is C10H11NO6S. The van der Waals surface area contributed by atoms with Crippen LogP contribution in [0.3, 0.4) is 0 Å². The molecule has 0 spiro atoms. The molecule has 2 unspecified atom stereocenters. The molecule has 1 aromatic carbocycles. The third kappa shape index (κ3) is 2.77. The minimum Gasteiger partial charge on any atom is -0.486 e. The van der Waals surface area contributed by atoms with Crippen molar-refractivity contribution in [2.45, 2.75) is 12.2 Å². The number of aliphatic hydroxyl groups excluding tert-OH is 1. The number of ether oxygens (including phenoxy) is 1. The van der Waals surface area contributed by atoms with E-state index in [0.29, 0.717) is 0 Å². The molecule has 1 saturated heterocycles. The van der Waals surface area contributed by atoms with E-state index in [-0.39, 0.29) is 22.9 Å². The Morgan fingerprint density at radius 3 is 2.67 bits per heavy atom. The Bertz CT molecular complexity index is 569. The zero-order valence-corrected chi connectivity index (χ0v) is 10.0. The Morgan fingerprint density at radius 2 is 2.11 bits per heavy atom. The first-order valence-corrected chi connectivity index (χ1v) is 6.99. The highest BCUT2D eigenvalue weighted by atomic mass is 32.2. The predicted octanol–water partition coefficient (Wildman–Crippen LogP) is 0.132. The molecule has 2 rings (SSSR count). The van der Waals surface area contributed by atoms with Crippen LogP contribution in [-0.2, 0) is 9.84 Å². The first kappa shape index (κ1) is 12.8. The minimum absolute atomic E-state index is 0.150. The van der Waals surface area contributed by atoms with Crippen LogP contribution in [0, 0.1) is 10.1 Å². The normalized spacial score (nSPS) is 25.8. The number of sulfone groups is 1. The topological polar surface area (TPSA) is 107 Å². The van der Waals surface area contributed by atoms with Crippen LogP contribution in [0.5, 0.6) is 5.75 Å². The van der Waals surface area contributed by atoms with Gasteiger partial charge in [0, 0.05) is 6.07 Å². The first-order valence-electron chi connectivity index (χ1n) is 5.17. The number of nitro benzene ring substituents is 1. The maximum atomic E-state index is 11.3. The average Bonchev–Trinajstić information content (AvgIpc) is 2.52. The van der Waals surface area contributed by atoms with Crippen molar-refractivity contribution in [3.63, 3.8) is 0 Å². The SMILES string of the molecule is O=[N+]([O-])c1cccc(OC2CS(=O)(=O)CC2O)c1. The minimum atomic E-state index is -3.30. The number of rotatable bonds is 3. The van der Waals surface area contributed by atoms with Gasteiger partial charge in [-0.3, -0.25) is 10.1 Å². The third-order valence-electron chi connectivity index (χ3n) is 2.59. The van der Waals surface area contributed by atoms with Crippen molar-refractivity contribution in [1.82, 2.24) is 0 Å². The fraction of sp³-hybridized carbons (Fsp3) is 0.400. The van der Waals surface area contributed by atoms with Gasteiger partial charge in [-0.05, 0) is 6.07 Å². The summed E-state index contributed by atoms with van der Waals surface area (Å²) in [6, 6.07) is 5.40. The maximum Gasteiger partial charge on any atom is 0.273 e. The molecule has 0 bridgehead atoms. The van der Waals surface area contributed by atoms with E-state index in [1.165, 1.54) is 24.3 Å². The van der Waals surface area contributed by atoms with Crippen LogP contribution in [0.15, 0.2) is 24.3 Å². The Hall–Kier alpha value is -1.67. The Balaban J connectivity index is 2.15. The molecule has 0 saturated carbocycles. The van der Waals surface area contributed by atoms with E-state index in [4.69, 9.17) is 4.74 Å². The van der Waals surface area contributed by atoms with Gasteiger partial charge in [0.2, 0.25) is 0 Å². The van der Waals surface area contributed by atoms with Gasteiger partial charge in [-0.2, -0.15) is 0 Å². The van der Waals surface area contributed by atoms with Gasteiger partial charge >= 0.3 is 0 Å². The molecule has 0 radical (unpaired) electrons. The van der Waals surface area contributed by atoms with Gasteiger partial charge in [0.05, 0.1) is 22.5 Å². The van der Waals surface area contributed by atoms with Crippen LogP contribution >= 0.6 is 0 Å². The number of hydrogen-bond acceptors (Lipinski definition) is 6. The Labute approximate surface area is 103 Å². The second kappa shape index (κ2) is 4.54. The molecule has 7 nitrogen and oxygen atoms in total. The van der Waals surface area contributed by atoms with E-state index in [9.17, 15) is 23.6 Å². The van der Waals surface area contributed by atoms with Crippen molar-refractivity contribution < 1.29 is 23.2 Å². The lowest BCUT2D eigenvalue weighted by Gasteiger charge is -2.15. The van der Waals surface area contributed by atoms with E-state index in [2.05, 4.69) is 0 Å². The van der Waals surface area contributed by atoms with Crippen LogP contribution in [0.4, 0.5) is 5.69 Å². The zero-order valence-electron chi connectivity index (χ0n) is 9.22. The molecule has 2 atom stereocenters. The number of benzene rings is 1. The summed E-state index contributed by atoms with van der Waals surface area (Å²) < 4.78 is 27.8. The standard InChI is InChI=1S/C10H11NO6S/c12-9-5-18(15,16)6-10(9)17-8-3-1-2-7(4-8)11(13)14/h1-4,9-10,12H,5-6H2. The van der Waals surface area contributed by atoms with E-state index in [1.807, 2.05) is 0 Å². The van der Waals surface area contributed by atoms with Crippen molar-refractivity contribution in [1.29, 1.82) is 0 Å². The lowest BCUT2D eigenvalue weighted by molar-refractivity contribution is -0.385. The van der Waals surface area contributed by atoms with Crippen molar-refractivity contribution in [2.24, 2.45) is 0 Å². The summed E-state index contributed by atoms with van der Waals surface area (Å²) in [7, 11) is -3.30. The van der Waals surface area contributed by atoms with Gasteiger partial charge in [0.25, 0.3) is 5.69 Å². The molecule has 0 amide bonds. The van der Waals surface area contributed by atoms with Crippen LogP contribution in [0.1, 0.15) is 0 Å². The molecule has 1 aliphatic rings. The smallest absolute Gasteiger partial charge is 0.273 e. The molecule has 18 heavy (non-hydrogen) atoms. The summed E-state index contributed by atoms with van der Waals surface area (Å²) in [5.41, 5.74) is -0.150. The van der Waals surface area contributed by atoms with Gasteiger partial charge in [-0.25, -0.2) is 8.42 Å². The molecular weight excluding hydrogens is 262 g/mol. The summed E-state index contributed by atoms with van der Waals surface area (Å²) in [5, 5.41) is 20.1. The molecule has 8 heteroatoms. The molecule has 1 aliphatic heterocycles. The van der Waals surface area contributed by atoms with Crippen LogP contribution in [-0.4, -0.2) is 42.2 Å². The highest BCUT2D eigenvalue weighted by molar-refractivity contribution is 7.91. The molecule has 1 N–H and O–H groups in total. The average molecular weight is 273 g/mol. The van der Waals surface area contributed by atoms with E-state index in [1.54, 1.807) is 0 Å². The molecule has 1 aromatic rings. The third-order valence-corrected chi connectivity index (χ3v) is 4.27. The second-order valence-corrected chi connectivity index (χ2v) is 6.21. The zero-order chi connectivity index (χ0) is 13.3. The van der Waals surface area contributed by atoms with Gasteiger partial charge in [0.1, 0.15) is 18.0 Å². The van der Waals surface area contributed by atoms with E-state index >= 15 is 0 Å². The monoisotopic (exact) mass is 273 g/mol. The largest absolute Gasteiger partial charge is 0.486 e. The van der Waals surface area contributed by atoms with Gasteiger partial charge < -0.3 is 9.84 Å². The summed E-state index contributed by atoms with van der Waals surface area (Å²) in [5.74, 6) is -0.450. The second-order valence-electron chi connectivity index (χ2n) is 4.06. The van der Waals surface area contributed by atoms with Crippen LogP contribution in [0.2, 0.25) is 0 Å². The van der Waals surface area contributed by atoms with E-state index < -0.39 is 27.0 Å². The number of nitrogens with zero attached hydrogens (tertiary/aromatic N) is 1. The molecule has 1 fully saturated rings. The fourth-order valence-corrected chi connectivity index (χ4v) is 3.42. The number of hydrogen-bond donors (Lipinski definition) is 1. The van der Waals surface area contributed by atoms with Gasteiger partial charge in [-0.1, -0.05) is 6.07 Å². The van der Waals surface area contributed by atoms with Crippen LogP contribution < -0.4 is 4.74 Å². The number of aliphatic hydroxyl groups is 1. The van der Waals surface area contributed by atoms with Crippen molar-refractivity contribution in [3.8, 4) is 5.75 Å². The first-order chi connectivity index (χ1) is 8.37. The van der Waals surface area contributed by atoms with Crippen LogP contribution in [0.25, 0.3) is 0 Å². The summed E-state index contributed by atoms with van der Waals surface area (Å²) in [6.45, 7) is 0. The predicted molar refractivity (Wildman–Crippen MR) is 62.2 cm³/mol. The quantitative estimate of drug-likeness (QED) is 0.619. The van der Waals surface area contributed by atoms with Crippen molar-refractivity contribution >= 4 is 15.5 Å². The summed E-state index contributed by atoms with van der Waals surface area (Å²) >= 11 is 0. The van der Waals surface area contributed by atoms with Crippen molar-refractivity contribution in [3.05, 3.63) is 34.4 Å². The maximum absolute atomic E-state index is 11.3. The molecule has 0 aromatic heterocycles. The van der Waals surface area contributed by atoms with E-state index in [0.717, 1.165) is 0 Å². The lowest BCUT2D eigenvalue weighted by atomic mass is 10.2. The van der Waals surface area contributed by atoms with Gasteiger partial charge in [-0.15, -0.1) is 0 Å².